The van der Waals surface area contributed by atoms with Crippen LogP contribution in [-0.2, 0) is 14.3 Å². The lowest BCUT2D eigenvalue weighted by Gasteiger charge is -2.13. The summed E-state index contributed by atoms with van der Waals surface area (Å²) in [4.78, 5) is 22.8. The minimum Gasteiger partial charge on any atom is -0.462 e. The summed E-state index contributed by atoms with van der Waals surface area (Å²) in [5.41, 5.74) is 6.14. The molecule has 18 heavy (non-hydrogen) atoms. The predicted octanol–water partition coefficient (Wildman–Crippen LogP) is 1.90. The highest BCUT2D eigenvalue weighted by Gasteiger charge is 2.20. The molecule has 5 heteroatoms. The fraction of sp³-hybridized carbons (Fsp3) is 0.385. The predicted molar refractivity (Wildman–Crippen MR) is 72.1 cm³/mol. The lowest BCUT2D eigenvalue weighted by Crippen LogP contribution is -2.21. The van der Waals surface area contributed by atoms with E-state index in [2.05, 4.69) is 0 Å². The SMILES string of the molecule is CC(C)OC(=O)CSC(C(N)=O)c1ccccc1. The van der Waals surface area contributed by atoms with Crippen molar-refractivity contribution in [1.29, 1.82) is 0 Å². The summed E-state index contributed by atoms with van der Waals surface area (Å²) in [6, 6.07) is 9.15. The van der Waals surface area contributed by atoms with E-state index < -0.39 is 11.2 Å². The lowest BCUT2D eigenvalue weighted by atomic mass is 10.1. The summed E-state index contributed by atoms with van der Waals surface area (Å²) >= 11 is 1.18. The van der Waals surface area contributed by atoms with Crippen LogP contribution < -0.4 is 5.73 Å². The number of esters is 1. The molecular formula is C13H17NO3S. The molecule has 0 radical (unpaired) electrons. The molecule has 0 saturated heterocycles. The van der Waals surface area contributed by atoms with Gasteiger partial charge in [-0.2, -0.15) is 0 Å². The highest BCUT2D eigenvalue weighted by molar-refractivity contribution is 8.00. The molecule has 0 fully saturated rings. The molecule has 1 atom stereocenters. The van der Waals surface area contributed by atoms with Crippen molar-refractivity contribution in [3.63, 3.8) is 0 Å². The molecule has 1 rings (SSSR count). The second kappa shape index (κ2) is 7.06. The Kier molecular flexibility index (Phi) is 5.71. The van der Waals surface area contributed by atoms with Crippen molar-refractivity contribution >= 4 is 23.6 Å². The molecule has 1 aromatic rings. The van der Waals surface area contributed by atoms with Gasteiger partial charge in [-0.15, -0.1) is 11.8 Å². The van der Waals surface area contributed by atoms with E-state index in [1.54, 1.807) is 13.8 Å². The summed E-state index contributed by atoms with van der Waals surface area (Å²) in [5, 5.41) is -0.522. The van der Waals surface area contributed by atoms with Gasteiger partial charge in [0.15, 0.2) is 0 Å². The monoisotopic (exact) mass is 267 g/mol. The van der Waals surface area contributed by atoms with Crippen LogP contribution in [0.15, 0.2) is 30.3 Å². The number of ether oxygens (including phenoxy) is 1. The van der Waals surface area contributed by atoms with Crippen LogP contribution in [0.3, 0.4) is 0 Å². The molecule has 1 unspecified atom stereocenters. The van der Waals surface area contributed by atoms with Gasteiger partial charge < -0.3 is 10.5 Å². The highest BCUT2D eigenvalue weighted by Crippen LogP contribution is 2.28. The molecule has 0 heterocycles. The molecule has 0 bridgehead atoms. The molecule has 0 saturated carbocycles. The molecule has 1 amide bonds. The molecular weight excluding hydrogens is 250 g/mol. The molecule has 4 nitrogen and oxygen atoms in total. The first-order valence-electron chi connectivity index (χ1n) is 5.66. The Morgan fingerprint density at radius 2 is 1.89 bits per heavy atom. The van der Waals surface area contributed by atoms with E-state index in [0.29, 0.717) is 0 Å². The Morgan fingerprint density at radius 3 is 2.39 bits per heavy atom. The summed E-state index contributed by atoms with van der Waals surface area (Å²) in [5.74, 6) is -0.679. The number of nitrogens with two attached hydrogens (primary N) is 1. The molecule has 2 N–H and O–H groups in total. The third kappa shape index (κ3) is 4.79. The summed E-state index contributed by atoms with van der Waals surface area (Å²) in [6.45, 7) is 3.57. The van der Waals surface area contributed by atoms with Crippen LogP contribution >= 0.6 is 11.8 Å². The summed E-state index contributed by atoms with van der Waals surface area (Å²) in [7, 11) is 0. The fourth-order valence-electron chi connectivity index (χ4n) is 1.42. The topological polar surface area (TPSA) is 69.4 Å². The third-order valence-corrected chi connectivity index (χ3v) is 3.34. The summed E-state index contributed by atoms with van der Waals surface area (Å²) in [6.07, 6.45) is -0.151. The van der Waals surface area contributed by atoms with Crippen molar-refractivity contribution in [1.82, 2.24) is 0 Å². The number of primary amides is 1. The lowest BCUT2D eigenvalue weighted by molar-refractivity contribution is -0.144. The maximum Gasteiger partial charge on any atom is 0.316 e. The van der Waals surface area contributed by atoms with E-state index in [4.69, 9.17) is 10.5 Å². The van der Waals surface area contributed by atoms with Gasteiger partial charge in [0.05, 0.1) is 11.9 Å². The zero-order valence-corrected chi connectivity index (χ0v) is 11.3. The van der Waals surface area contributed by atoms with Crippen LogP contribution in [0, 0.1) is 0 Å². The quantitative estimate of drug-likeness (QED) is 0.799. The van der Waals surface area contributed by atoms with Crippen LogP contribution in [-0.4, -0.2) is 23.7 Å². The molecule has 98 valence electrons. The van der Waals surface area contributed by atoms with Gasteiger partial charge in [-0.25, -0.2) is 0 Å². The first-order valence-corrected chi connectivity index (χ1v) is 6.71. The molecule has 0 aromatic heterocycles. The Balaban J connectivity index is 2.60. The van der Waals surface area contributed by atoms with Gasteiger partial charge in [0.2, 0.25) is 5.91 Å². The van der Waals surface area contributed by atoms with Crippen molar-refractivity contribution in [3.8, 4) is 0 Å². The van der Waals surface area contributed by atoms with E-state index in [9.17, 15) is 9.59 Å². The van der Waals surface area contributed by atoms with E-state index >= 15 is 0 Å². The number of rotatable bonds is 6. The van der Waals surface area contributed by atoms with Gasteiger partial charge in [0, 0.05) is 0 Å². The Labute approximate surface area is 111 Å². The number of hydrogen-bond acceptors (Lipinski definition) is 4. The van der Waals surface area contributed by atoms with Crippen molar-refractivity contribution < 1.29 is 14.3 Å². The van der Waals surface area contributed by atoms with Gasteiger partial charge in [0.1, 0.15) is 5.25 Å². The average molecular weight is 267 g/mol. The van der Waals surface area contributed by atoms with E-state index in [1.807, 2.05) is 30.3 Å². The van der Waals surface area contributed by atoms with Crippen LogP contribution in [0.4, 0.5) is 0 Å². The zero-order chi connectivity index (χ0) is 13.5. The van der Waals surface area contributed by atoms with Crippen LogP contribution in [0.1, 0.15) is 24.7 Å². The van der Waals surface area contributed by atoms with Gasteiger partial charge >= 0.3 is 5.97 Å². The Morgan fingerprint density at radius 1 is 1.28 bits per heavy atom. The molecule has 0 aliphatic heterocycles. The first-order chi connectivity index (χ1) is 8.50. The number of hydrogen-bond donors (Lipinski definition) is 1. The van der Waals surface area contributed by atoms with Crippen molar-refractivity contribution in [2.75, 3.05) is 5.75 Å². The molecule has 0 spiro atoms. The highest BCUT2D eigenvalue weighted by atomic mass is 32.2. The van der Waals surface area contributed by atoms with E-state index in [0.717, 1.165) is 5.56 Å². The number of carbonyl (C=O) groups excluding carboxylic acids is 2. The van der Waals surface area contributed by atoms with Crippen LogP contribution in [0.25, 0.3) is 0 Å². The van der Waals surface area contributed by atoms with Crippen molar-refractivity contribution in [3.05, 3.63) is 35.9 Å². The van der Waals surface area contributed by atoms with Crippen molar-refractivity contribution in [2.45, 2.75) is 25.2 Å². The van der Waals surface area contributed by atoms with Gasteiger partial charge in [0.25, 0.3) is 0 Å². The molecule has 0 aliphatic carbocycles. The second-order valence-electron chi connectivity index (χ2n) is 4.04. The summed E-state index contributed by atoms with van der Waals surface area (Å²) < 4.78 is 5.00. The normalized spacial score (nSPS) is 12.2. The average Bonchev–Trinajstić information content (AvgIpc) is 2.29. The van der Waals surface area contributed by atoms with Gasteiger partial charge in [-0.05, 0) is 19.4 Å². The van der Waals surface area contributed by atoms with Crippen molar-refractivity contribution in [2.24, 2.45) is 5.73 Å². The number of amides is 1. The Bertz CT molecular complexity index is 406. The smallest absolute Gasteiger partial charge is 0.316 e. The van der Waals surface area contributed by atoms with E-state index in [-0.39, 0.29) is 17.8 Å². The van der Waals surface area contributed by atoms with E-state index in [1.165, 1.54) is 11.8 Å². The minimum absolute atomic E-state index is 0.112. The maximum atomic E-state index is 11.4. The van der Waals surface area contributed by atoms with Crippen LogP contribution in [0.5, 0.6) is 0 Å². The van der Waals surface area contributed by atoms with Gasteiger partial charge in [-0.3, -0.25) is 9.59 Å². The number of benzene rings is 1. The Hall–Kier alpha value is -1.49. The molecule has 0 aliphatic rings. The standard InChI is InChI=1S/C13H17NO3S/c1-9(2)17-11(15)8-18-12(13(14)16)10-6-4-3-5-7-10/h3-7,9,12H,8H2,1-2H3,(H2,14,16). The second-order valence-corrected chi connectivity index (χ2v) is 5.14. The molecule has 1 aromatic carbocycles. The minimum atomic E-state index is -0.522. The number of thioether (sulfide) groups is 1. The number of carbonyl (C=O) groups is 2. The fourth-order valence-corrected chi connectivity index (χ4v) is 2.30. The zero-order valence-electron chi connectivity index (χ0n) is 10.5. The maximum absolute atomic E-state index is 11.4. The first kappa shape index (κ1) is 14.6. The van der Waals surface area contributed by atoms with Gasteiger partial charge in [-0.1, -0.05) is 30.3 Å². The largest absolute Gasteiger partial charge is 0.462 e. The third-order valence-electron chi connectivity index (χ3n) is 2.10. The van der Waals surface area contributed by atoms with Crippen LogP contribution in [0.2, 0.25) is 0 Å².